The Balaban J connectivity index is 1.66. The van der Waals surface area contributed by atoms with Crippen molar-refractivity contribution in [3.63, 3.8) is 0 Å². The molecule has 2 fully saturated rings. The topological polar surface area (TPSA) is 61.9 Å². The number of rotatable bonds is 1. The summed E-state index contributed by atoms with van der Waals surface area (Å²) in [6, 6.07) is 7.41. The number of benzene rings is 1. The maximum atomic E-state index is 12.3. The molecule has 0 aromatic heterocycles. The minimum absolute atomic E-state index is 0.0515. The van der Waals surface area contributed by atoms with E-state index in [9.17, 15) is 9.59 Å². The van der Waals surface area contributed by atoms with Crippen molar-refractivity contribution in [1.29, 1.82) is 0 Å². The summed E-state index contributed by atoms with van der Waals surface area (Å²) in [4.78, 5) is 26.3. The van der Waals surface area contributed by atoms with Gasteiger partial charge in [0.1, 0.15) is 0 Å². The highest BCUT2D eigenvalue weighted by atomic mass is 16.6. The summed E-state index contributed by atoms with van der Waals surface area (Å²) in [5.74, 6) is -0.268. The van der Waals surface area contributed by atoms with Gasteiger partial charge >= 0.3 is 0 Å². The van der Waals surface area contributed by atoms with Crippen LogP contribution in [-0.2, 0) is 19.9 Å². The van der Waals surface area contributed by atoms with Crippen LogP contribution in [-0.4, -0.2) is 35.9 Å². The van der Waals surface area contributed by atoms with Crippen molar-refractivity contribution in [1.82, 2.24) is 4.90 Å². The fourth-order valence-corrected chi connectivity index (χ4v) is 3.11. The molecule has 4 rings (SSSR count). The molecule has 0 aliphatic carbocycles. The Morgan fingerprint density at radius 2 is 2.05 bits per heavy atom. The van der Waals surface area contributed by atoms with Crippen molar-refractivity contribution in [3.8, 4) is 0 Å². The Morgan fingerprint density at radius 3 is 2.84 bits per heavy atom. The normalized spacial score (nSPS) is 31.5. The molecule has 3 aliphatic rings. The largest absolute Gasteiger partial charge is 0.340 e. The van der Waals surface area contributed by atoms with E-state index < -0.39 is 11.7 Å². The number of likely N-dealkylation sites (tertiary alicyclic amines) is 1. The smallest absolute Gasteiger partial charge is 0.264 e. The monoisotopic (exact) mass is 258 g/mol. The molecule has 5 heteroatoms. The molecule has 1 N–H and O–H groups in total. The third-order valence-corrected chi connectivity index (χ3v) is 4.17. The maximum absolute atomic E-state index is 12.3. The maximum Gasteiger partial charge on any atom is 0.264 e. The number of nitrogens with one attached hydrogen (secondary N) is 1. The van der Waals surface area contributed by atoms with E-state index in [4.69, 9.17) is 4.74 Å². The Labute approximate surface area is 110 Å². The van der Waals surface area contributed by atoms with Gasteiger partial charge in [0.15, 0.2) is 6.10 Å². The molecule has 0 saturated carbocycles. The lowest BCUT2D eigenvalue weighted by Crippen LogP contribution is -2.36. The molecule has 3 heterocycles. The lowest BCUT2D eigenvalue weighted by atomic mass is 9.96. The predicted octanol–water partition coefficient (Wildman–Crippen LogP) is 0.855. The number of anilines is 1. The van der Waals surface area contributed by atoms with Gasteiger partial charge in [-0.2, -0.15) is 0 Å². The number of nitrogens with zero attached hydrogens (tertiary/aromatic N) is 1. The fourth-order valence-electron chi connectivity index (χ4n) is 3.11. The van der Waals surface area contributed by atoms with Gasteiger partial charge in [0.25, 0.3) is 11.8 Å². The number of hydrogen-bond donors (Lipinski definition) is 1. The van der Waals surface area contributed by atoms with Crippen LogP contribution in [0.4, 0.5) is 5.69 Å². The average Bonchev–Trinajstić information content (AvgIpc) is 2.79. The summed E-state index contributed by atoms with van der Waals surface area (Å²) in [6.07, 6.45) is 1.43. The zero-order valence-corrected chi connectivity index (χ0v) is 10.4. The molecule has 2 saturated heterocycles. The molecule has 19 heavy (non-hydrogen) atoms. The molecule has 1 spiro atoms. The number of amides is 2. The van der Waals surface area contributed by atoms with E-state index in [0.29, 0.717) is 0 Å². The first kappa shape index (κ1) is 11.0. The summed E-state index contributed by atoms with van der Waals surface area (Å²) in [5.41, 5.74) is 0.484. The molecule has 0 unspecified atom stereocenters. The van der Waals surface area contributed by atoms with Gasteiger partial charge in [0.05, 0.1) is 0 Å². The second-order valence-electron chi connectivity index (χ2n) is 5.27. The SMILES string of the molecule is O=C([C@@H]1O[C@@]12C(=O)Nc1ccccc12)N1CCCC1. The van der Waals surface area contributed by atoms with Crippen LogP contribution in [0.5, 0.6) is 0 Å². The molecule has 2 amide bonds. The summed E-state index contributed by atoms with van der Waals surface area (Å²) < 4.78 is 5.58. The number of ether oxygens (including phenoxy) is 1. The van der Waals surface area contributed by atoms with E-state index in [0.717, 1.165) is 37.2 Å². The Bertz CT molecular complexity index is 580. The van der Waals surface area contributed by atoms with Gasteiger partial charge in [0, 0.05) is 24.3 Å². The summed E-state index contributed by atoms with van der Waals surface area (Å²) in [6.45, 7) is 1.55. The molecular weight excluding hydrogens is 244 g/mol. The van der Waals surface area contributed by atoms with E-state index in [1.807, 2.05) is 24.3 Å². The van der Waals surface area contributed by atoms with Crippen molar-refractivity contribution in [2.45, 2.75) is 24.5 Å². The van der Waals surface area contributed by atoms with Crippen LogP contribution in [0, 0.1) is 0 Å². The van der Waals surface area contributed by atoms with Crippen molar-refractivity contribution < 1.29 is 14.3 Å². The van der Waals surface area contributed by atoms with Crippen LogP contribution >= 0.6 is 0 Å². The fraction of sp³-hybridized carbons (Fsp3) is 0.429. The van der Waals surface area contributed by atoms with Crippen LogP contribution in [0.2, 0.25) is 0 Å². The first-order chi connectivity index (χ1) is 9.23. The minimum Gasteiger partial charge on any atom is -0.340 e. The number of epoxide rings is 1. The van der Waals surface area contributed by atoms with Gasteiger partial charge in [-0.15, -0.1) is 0 Å². The number of hydrogen-bond acceptors (Lipinski definition) is 3. The van der Waals surface area contributed by atoms with Crippen LogP contribution in [0.25, 0.3) is 0 Å². The van der Waals surface area contributed by atoms with E-state index in [1.54, 1.807) is 4.90 Å². The quantitative estimate of drug-likeness (QED) is 0.760. The highest BCUT2D eigenvalue weighted by Gasteiger charge is 2.71. The molecule has 5 nitrogen and oxygen atoms in total. The molecule has 1 aromatic rings. The second-order valence-corrected chi connectivity index (χ2v) is 5.27. The average molecular weight is 258 g/mol. The summed E-state index contributed by atoms with van der Waals surface area (Å²) >= 11 is 0. The molecule has 98 valence electrons. The van der Waals surface area contributed by atoms with Crippen LogP contribution < -0.4 is 5.32 Å². The molecule has 3 aliphatic heterocycles. The van der Waals surface area contributed by atoms with Crippen LogP contribution in [0.3, 0.4) is 0 Å². The Hall–Kier alpha value is -1.88. The van der Waals surface area contributed by atoms with Gasteiger partial charge in [-0.1, -0.05) is 18.2 Å². The van der Waals surface area contributed by atoms with Crippen molar-refractivity contribution >= 4 is 17.5 Å². The summed E-state index contributed by atoms with van der Waals surface area (Å²) in [5, 5.41) is 2.79. The van der Waals surface area contributed by atoms with Gasteiger partial charge in [0.2, 0.25) is 5.60 Å². The number of para-hydroxylation sites is 1. The van der Waals surface area contributed by atoms with E-state index in [1.165, 1.54) is 0 Å². The van der Waals surface area contributed by atoms with Gasteiger partial charge in [-0.3, -0.25) is 9.59 Å². The standard InChI is InChI=1S/C14H14N2O3/c17-12(16-7-3-4-8-16)11-14(19-11)9-5-1-2-6-10(9)15-13(14)18/h1-2,5-6,11H,3-4,7-8H2,(H,15,18)/t11-,14+/m0/s1. The van der Waals surface area contributed by atoms with Crippen molar-refractivity contribution in [2.24, 2.45) is 0 Å². The minimum atomic E-state index is -1.06. The number of carbonyl (C=O) groups is 2. The zero-order valence-electron chi connectivity index (χ0n) is 10.4. The van der Waals surface area contributed by atoms with Gasteiger partial charge < -0.3 is 15.0 Å². The highest BCUT2D eigenvalue weighted by Crippen LogP contribution is 2.54. The predicted molar refractivity (Wildman–Crippen MR) is 67.4 cm³/mol. The van der Waals surface area contributed by atoms with Crippen LogP contribution in [0.15, 0.2) is 24.3 Å². The van der Waals surface area contributed by atoms with Gasteiger partial charge in [-0.25, -0.2) is 0 Å². The molecule has 2 atom stereocenters. The Morgan fingerprint density at radius 1 is 1.32 bits per heavy atom. The number of fused-ring (bicyclic) bond motifs is 2. The molecule has 1 aromatic carbocycles. The van der Waals surface area contributed by atoms with Crippen molar-refractivity contribution in [3.05, 3.63) is 29.8 Å². The zero-order chi connectivity index (χ0) is 13.0. The third kappa shape index (κ3) is 1.33. The lowest BCUT2D eigenvalue weighted by Gasteiger charge is -2.14. The van der Waals surface area contributed by atoms with Gasteiger partial charge in [-0.05, 0) is 18.9 Å². The number of carbonyl (C=O) groups excluding carboxylic acids is 2. The highest BCUT2D eigenvalue weighted by molar-refractivity contribution is 6.11. The first-order valence-corrected chi connectivity index (χ1v) is 6.61. The summed E-state index contributed by atoms with van der Waals surface area (Å²) in [7, 11) is 0. The van der Waals surface area contributed by atoms with E-state index in [2.05, 4.69) is 5.32 Å². The van der Waals surface area contributed by atoms with E-state index >= 15 is 0 Å². The second kappa shape index (κ2) is 3.57. The van der Waals surface area contributed by atoms with E-state index in [-0.39, 0.29) is 11.8 Å². The third-order valence-electron chi connectivity index (χ3n) is 4.17. The van der Waals surface area contributed by atoms with Crippen LogP contribution in [0.1, 0.15) is 18.4 Å². The Kier molecular flexibility index (Phi) is 2.07. The molecule has 0 bridgehead atoms. The molecule has 0 radical (unpaired) electrons. The molecular formula is C14H14N2O3. The van der Waals surface area contributed by atoms with Crippen molar-refractivity contribution in [2.75, 3.05) is 18.4 Å². The first-order valence-electron chi connectivity index (χ1n) is 6.61. The lowest BCUT2D eigenvalue weighted by molar-refractivity contribution is -0.131.